The molecule has 1 aromatic rings. The summed E-state index contributed by atoms with van der Waals surface area (Å²) in [5.41, 5.74) is 3.95. The average Bonchev–Trinajstić information content (AvgIpc) is 2.81. The van der Waals surface area contributed by atoms with Gasteiger partial charge in [0.2, 0.25) is 0 Å². The van der Waals surface area contributed by atoms with Crippen molar-refractivity contribution in [2.45, 2.75) is 65.5 Å². The number of rotatable bonds is 8. The highest BCUT2D eigenvalue weighted by molar-refractivity contribution is 5.83. The number of unbranched alkanes of at least 4 members (excludes halogenated alkanes) is 1. The van der Waals surface area contributed by atoms with Gasteiger partial charge in [-0.15, -0.1) is 0 Å². The smallest absolute Gasteiger partial charge is 0.188 e. The lowest BCUT2D eigenvalue weighted by molar-refractivity contribution is 0.158. The maximum absolute atomic E-state index is 13.2. The maximum atomic E-state index is 13.2. The first-order valence-corrected chi connectivity index (χ1v) is 12.1. The first kappa shape index (κ1) is 23.2. The van der Waals surface area contributed by atoms with Gasteiger partial charge in [-0.2, -0.15) is 0 Å². The predicted octanol–water partition coefficient (Wildman–Crippen LogP) is 7.03. The molecule has 1 unspecified atom stereocenters. The van der Waals surface area contributed by atoms with Crippen molar-refractivity contribution in [1.82, 2.24) is 4.57 Å². The third-order valence-corrected chi connectivity index (χ3v) is 6.61. The summed E-state index contributed by atoms with van der Waals surface area (Å²) in [5, 5.41) is 0. The number of fused-ring (bicyclic) bond motifs is 3. The van der Waals surface area contributed by atoms with E-state index >= 15 is 0 Å². The van der Waals surface area contributed by atoms with Crippen LogP contribution in [0.3, 0.4) is 0 Å². The third kappa shape index (κ3) is 4.57. The first-order valence-electron chi connectivity index (χ1n) is 12.1. The molecular formula is C29H35NO3. The zero-order chi connectivity index (χ0) is 23.6. The Morgan fingerprint density at radius 2 is 1.85 bits per heavy atom. The van der Waals surface area contributed by atoms with E-state index in [0.717, 1.165) is 47.7 Å². The number of methoxy groups -OCH3 is 1. The molecule has 2 heterocycles. The molecule has 0 aromatic heterocycles. The van der Waals surface area contributed by atoms with E-state index in [1.807, 2.05) is 50.3 Å². The second-order valence-corrected chi connectivity index (χ2v) is 9.55. The molecule has 0 radical (unpaired) electrons. The van der Waals surface area contributed by atoms with Gasteiger partial charge in [0.25, 0.3) is 0 Å². The lowest BCUT2D eigenvalue weighted by atomic mass is 9.93. The molecule has 0 bridgehead atoms. The zero-order valence-electron chi connectivity index (χ0n) is 20.5. The number of ether oxygens (including phenoxy) is 2. The van der Waals surface area contributed by atoms with Crippen molar-refractivity contribution in [3.63, 3.8) is 0 Å². The molecule has 1 aliphatic carbocycles. The van der Waals surface area contributed by atoms with Crippen LogP contribution in [-0.2, 0) is 6.54 Å². The number of benzene rings is 2. The third-order valence-electron chi connectivity index (χ3n) is 6.61. The van der Waals surface area contributed by atoms with E-state index in [0.29, 0.717) is 17.2 Å². The Hall–Kier alpha value is -3.01. The number of nitrogens with zero attached hydrogens (tertiary/aromatic N) is 1. The van der Waals surface area contributed by atoms with Gasteiger partial charge in [-0.05, 0) is 44.4 Å². The Morgan fingerprint density at radius 3 is 2.52 bits per heavy atom. The van der Waals surface area contributed by atoms with Gasteiger partial charge >= 0.3 is 0 Å². The number of pyridine rings is 1. The highest BCUT2D eigenvalue weighted by Gasteiger charge is 2.31. The molecule has 174 valence electrons. The molecule has 3 aliphatic rings. The molecule has 1 atom stereocenters. The van der Waals surface area contributed by atoms with Crippen molar-refractivity contribution in [3.8, 4) is 34.0 Å². The molecule has 2 aliphatic heterocycles. The van der Waals surface area contributed by atoms with Crippen molar-refractivity contribution in [3.05, 3.63) is 64.3 Å². The standard InChI is InChI=1S/C29H35NO3/c1-6-8-12-20(7-2)19-30-26(21-13-10-9-11-14-21)25(32-5)18-23-24(31)17-22-15-16-29(3,4)33-28(22)27(23)30/h9-11,13-18,20H,6-8,12,19H2,1-5H3. The molecular weight excluding hydrogens is 410 g/mol. The quantitative estimate of drug-likeness (QED) is 0.374. The van der Waals surface area contributed by atoms with E-state index in [4.69, 9.17) is 9.47 Å². The van der Waals surface area contributed by atoms with E-state index in [2.05, 4.69) is 30.5 Å². The van der Waals surface area contributed by atoms with Crippen LogP contribution in [0, 0.1) is 5.92 Å². The molecule has 0 N–H and O–H groups in total. The van der Waals surface area contributed by atoms with Crippen molar-refractivity contribution in [2.24, 2.45) is 5.92 Å². The summed E-state index contributed by atoms with van der Waals surface area (Å²) >= 11 is 0. The molecule has 4 nitrogen and oxygen atoms in total. The molecule has 0 amide bonds. The number of aromatic nitrogens is 1. The summed E-state index contributed by atoms with van der Waals surface area (Å²) in [4.78, 5) is 13.2. The Morgan fingerprint density at radius 1 is 1.09 bits per heavy atom. The highest BCUT2D eigenvalue weighted by Crippen LogP contribution is 2.45. The van der Waals surface area contributed by atoms with Gasteiger partial charge in [-0.3, -0.25) is 4.79 Å². The molecule has 33 heavy (non-hydrogen) atoms. The normalized spacial score (nSPS) is 15.2. The number of hydrogen-bond acceptors (Lipinski definition) is 3. The van der Waals surface area contributed by atoms with E-state index in [1.54, 1.807) is 13.2 Å². The van der Waals surface area contributed by atoms with Gasteiger partial charge in [0.1, 0.15) is 11.4 Å². The minimum absolute atomic E-state index is 0.00928. The van der Waals surface area contributed by atoms with E-state index < -0.39 is 5.60 Å². The monoisotopic (exact) mass is 445 g/mol. The summed E-state index contributed by atoms with van der Waals surface area (Å²) in [6, 6.07) is 13.9. The summed E-state index contributed by atoms with van der Waals surface area (Å²) in [6.45, 7) is 9.38. The summed E-state index contributed by atoms with van der Waals surface area (Å²) < 4.78 is 14.7. The van der Waals surface area contributed by atoms with Crippen molar-refractivity contribution >= 4 is 6.08 Å². The van der Waals surface area contributed by atoms with Crippen LogP contribution in [0.5, 0.6) is 11.5 Å². The fraction of sp³-hybridized carbons (Fsp3) is 0.414. The van der Waals surface area contributed by atoms with Crippen LogP contribution in [0.4, 0.5) is 0 Å². The van der Waals surface area contributed by atoms with Crippen LogP contribution in [-0.4, -0.2) is 17.3 Å². The lowest BCUT2D eigenvalue weighted by Gasteiger charge is -2.33. The molecule has 0 fully saturated rings. The van der Waals surface area contributed by atoms with Crippen LogP contribution in [0.15, 0.2) is 53.3 Å². The van der Waals surface area contributed by atoms with Crippen LogP contribution in [0.25, 0.3) is 28.6 Å². The van der Waals surface area contributed by atoms with Gasteiger partial charge in [-0.1, -0.05) is 69.5 Å². The maximum Gasteiger partial charge on any atom is 0.188 e. The van der Waals surface area contributed by atoms with Gasteiger partial charge < -0.3 is 14.0 Å². The Labute approximate surface area is 197 Å². The van der Waals surface area contributed by atoms with Crippen molar-refractivity contribution in [1.29, 1.82) is 0 Å². The topological polar surface area (TPSA) is 40.5 Å². The molecule has 0 saturated carbocycles. The summed E-state index contributed by atoms with van der Waals surface area (Å²) in [7, 11) is 1.68. The summed E-state index contributed by atoms with van der Waals surface area (Å²) in [6.07, 6.45) is 8.63. The van der Waals surface area contributed by atoms with E-state index in [1.165, 1.54) is 12.8 Å². The average molecular weight is 446 g/mol. The van der Waals surface area contributed by atoms with Gasteiger partial charge in [0, 0.05) is 17.7 Å². The SMILES string of the molecule is CCCCC(CC)Cn1c(-c2ccccc2)c(OC)cc2c(=O)cc3c(c1-2)OC(C)(C)C=C3. The fourth-order valence-electron chi connectivity index (χ4n) is 4.74. The molecule has 1 aromatic carbocycles. The van der Waals surface area contributed by atoms with Crippen LogP contribution in [0.1, 0.15) is 58.9 Å². The van der Waals surface area contributed by atoms with Crippen LogP contribution >= 0.6 is 0 Å². The van der Waals surface area contributed by atoms with Gasteiger partial charge in [0.05, 0.1) is 24.1 Å². The van der Waals surface area contributed by atoms with Gasteiger partial charge in [-0.25, -0.2) is 0 Å². The van der Waals surface area contributed by atoms with Gasteiger partial charge in [0.15, 0.2) is 11.2 Å². The summed E-state index contributed by atoms with van der Waals surface area (Å²) in [5.74, 6) is 1.98. The number of hydrogen-bond donors (Lipinski definition) is 0. The lowest BCUT2D eigenvalue weighted by Crippen LogP contribution is -2.30. The largest absolute Gasteiger partial charge is 0.495 e. The van der Waals surface area contributed by atoms with Crippen LogP contribution in [0.2, 0.25) is 0 Å². The van der Waals surface area contributed by atoms with Crippen LogP contribution < -0.4 is 14.9 Å². The molecule has 4 rings (SSSR count). The Bertz CT molecular complexity index is 1170. The first-order chi connectivity index (χ1) is 15.9. The molecule has 0 spiro atoms. The van der Waals surface area contributed by atoms with E-state index in [-0.39, 0.29) is 5.43 Å². The molecule has 4 heteroatoms. The van der Waals surface area contributed by atoms with Crippen molar-refractivity contribution in [2.75, 3.05) is 7.11 Å². The Balaban J connectivity index is 2.07. The minimum atomic E-state index is -0.443. The second-order valence-electron chi connectivity index (χ2n) is 9.55. The fourth-order valence-corrected chi connectivity index (χ4v) is 4.74. The highest BCUT2D eigenvalue weighted by atomic mass is 16.5. The van der Waals surface area contributed by atoms with E-state index in [9.17, 15) is 4.79 Å². The molecule has 0 saturated heterocycles. The minimum Gasteiger partial charge on any atom is -0.495 e. The second kappa shape index (κ2) is 9.46. The van der Waals surface area contributed by atoms with Crippen molar-refractivity contribution < 1.29 is 9.47 Å². The Kier molecular flexibility index (Phi) is 6.64. The predicted molar refractivity (Wildman–Crippen MR) is 136 cm³/mol. The zero-order valence-corrected chi connectivity index (χ0v) is 20.5.